The number of hydrogen-bond acceptors (Lipinski definition) is 6. The van der Waals surface area contributed by atoms with Crippen molar-refractivity contribution >= 4 is 0 Å². The Balaban J connectivity index is 3.89. The summed E-state index contributed by atoms with van der Waals surface area (Å²) in [5, 5.41) is 15.7. The summed E-state index contributed by atoms with van der Waals surface area (Å²) < 4.78 is 59.7. The van der Waals surface area contributed by atoms with Crippen LogP contribution in [0.2, 0.25) is 0 Å². The molecule has 2 N–H and O–H groups in total. The zero-order chi connectivity index (χ0) is 12.8. The summed E-state index contributed by atoms with van der Waals surface area (Å²) in [6.07, 6.45) is -13.5. The van der Waals surface area contributed by atoms with Crippen LogP contribution in [0.4, 0.5) is 22.0 Å². The fourth-order valence-electron chi connectivity index (χ4n) is 0.318. The van der Waals surface area contributed by atoms with Gasteiger partial charge in [-0.25, -0.2) is 9.28 Å². The van der Waals surface area contributed by atoms with Crippen molar-refractivity contribution < 1.29 is 51.7 Å². The fraction of sp³-hybridized carbons (Fsp3) is 1.00. The third-order valence-corrected chi connectivity index (χ3v) is 0.833. The molecule has 0 rings (SSSR count). The fourth-order valence-corrected chi connectivity index (χ4v) is 0.318. The Labute approximate surface area is 84.9 Å². The first kappa shape index (κ1) is 15.4. The lowest BCUT2D eigenvalue weighted by molar-refractivity contribution is -0.611. The molecule has 6 nitrogen and oxygen atoms in total. The third-order valence-electron chi connectivity index (χ3n) is 0.833. The molecule has 1 atom stereocenters. The van der Waals surface area contributed by atoms with Gasteiger partial charge in [0.25, 0.3) is 0 Å². The van der Waals surface area contributed by atoms with Gasteiger partial charge in [-0.2, -0.15) is 13.7 Å². The quantitative estimate of drug-likeness (QED) is 0.214. The van der Waals surface area contributed by atoms with E-state index in [1.807, 2.05) is 0 Å². The van der Waals surface area contributed by atoms with E-state index in [1.54, 1.807) is 0 Å². The van der Waals surface area contributed by atoms with E-state index in [9.17, 15) is 22.0 Å². The molecule has 1 unspecified atom stereocenters. The standard InChI is InChI=1S/C5H7F5O6/c6-3(4(7,8)12)14-16-5(9,10)15-13-2-1-11/h3,11-12H,1-2H2. The van der Waals surface area contributed by atoms with Crippen LogP contribution >= 0.6 is 0 Å². The summed E-state index contributed by atoms with van der Waals surface area (Å²) in [7, 11) is 0. The first-order valence-corrected chi connectivity index (χ1v) is 3.57. The molecule has 0 bridgehead atoms. The van der Waals surface area contributed by atoms with Crippen LogP contribution in [0.25, 0.3) is 0 Å². The monoisotopic (exact) mass is 258 g/mol. The summed E-state index contributed by atoms with van der Waals surface area (Å²) in [4.78, 5) is 12.3. The van der Waals surface area contributed by atoms with E-state index in [-0.39, 0.29) is 0 Å². The van der Waals surface area contributed by atoms with Crippen LogP contribution in [0, 0.1) is 0 Å². The van der Waals surface area contributed by atoms with E-state index in [2.05, 4.69) is 19.6 Å². The van der Waals surface area contributed by atoms with E-state index in [1.165, 1.54) is 0 Å². The highest BCUT2D eigenvalue weighted by molar-refractivity contribution is 4.49. The van der Waals surface area contributed by atoms with Crippen LogP contribution in [0.5, 0.6) is 0 Å². The summed E-state index contributed by atoms with van der Waals surface area (Å²) >= 11 is 0. The van der Waals surface area contributed by atoms with Crippen molar-refractivity contribution in [2.45, 2.75) is 18.8 Å². The number of aliphatic hydroxyl groups is 2. The van der Waals surface area contributed by atoms with E-state index in [4.69, 9.17) is 10.2 Å². The Hall–Kier alpha value is -0.590. The predicted octanol–water partition coefficient (Wildman–Crippen LogP) is 0.306. The number of alkyl halides is 5. The van der Waals surface area contributed by atoms with E-state index in [0.29, 0.717) is 0 Å². The van der Waals surface area contributed by atoms with Crippen LogP contribution < -0.4 is 0 Å². The van der Waals surface area contributed by atoms with Crippen molar-refractivity contribution in [1.82, 2.24) is 0 Å². The molecule has 98 valence electrons. The Morgan fingerprint density at radius 2 is 1.69 bits per heavy atom. The van der Waals surface area contributed by atoms with Gasteiger partial charge in [-0.3, -0.25) is 0 Å². The average Bonchev–Trinajstić information content (AvgIpc) is 2.13. The molecule has 0 saturated carbocycles. The minimum absolute atomic E-state index is 0.669. The summed E-state index contributed by atoms with van der Waals surface area (Å²) in [6, 6.07) is 0. The zero-order valence-corrected chi connectivity index (χ0v) is 7.41. The molecule has 0 aliphatic rings. The van der Waals surface area contributed by atoms with Crippen molar-refractivity contribution in [3.63, 3.8) is 0 Å². The van der Waals surface area contributed by atoms with Crippen molar-refractivity contribution in [1.29, 1.82) is 0 Å². The smallest absolute Gasteiger partial charge is 0.394 e. The molecule has 0 fully saturated rings. The molecule has 0 aromatic rings. The Kier molecular flexibility index (Phi) is 5.99. The number of aliphatic hydroxyl groups excluding tert-OH is 1. The molecule has 0 saturated heterocycles. The molecule has 0 aromatic carbocycles. The van der Waals surface area contributed by atoms with Gasteiger partial charge in [-0.1, -0.05) is 0 Å². The topological polar surface area (TPSA) is 77.4 Å². The first-order valence-electron chi connectivity index (χ1n) is 3.57. The van der Waals surface area contributed by atoms with Gasteiger partial charge in [-0.15, -0.1) is 18.6 Å². The van der Waals surface area contributed by atoms with Crippen LogP contribution in [0.3, 0.4) is 0 Å². The van der Waals surface area contributed by atoms with Gasteiger partial charge in [-0.05, 0) is 0 Å². The lowest BCUT2D eigenvalue weighted by Crippen LogP contribution is -2.35. The highest BCUT2D eigenvalue weighted by Crippen LogP contribution is 2.24. The molecule has 0 aromatic heterocycles. The van der Waals surface area contributed by atoms with Gasteiger partial charge in [0.1, 0.15) is 6.61 Å². The first-order chi connectivity index (χ1) is 7.19. The highest BCUT2D eigenvalue weighted by Gasteiger charge is 2.44. The number of hydrogen-bond donors (Lipinski definition) is 2. The minimum Gasteiger partial charge on any atom is -0.394 e. The third kappa shape index (κ3) is 6.81. The van der Waals surface area contributed by atoms with Crippen LogP contribution in [-0.4, -0.2) is 42.2 Å². The predicted molar refractivity (Wildman–Crippen MR) is 33.3 cm³/mol. The zero-order valence-electron chi connectivity index (χ0n) is 7.41. The van der Waals surface area contributed by atoms with Gasteiger partial charge in [0.05, 0.1) is 6.61 Å². The second-order valence-corrected chi connectivity index (χ2v) is 2.18. The maximum Gasteiger partial charge on any atom is 0.539 e. The molecular formula is C5H7F5O6. The maximum atomic E-state index is 12.2. The summed E-state index contributed by atoms with van der Waals surface area (Å²) in [5.74, 6) is 0. The van der Waals surface area contributed by atoms with E-state index >= 15 is 0 Å². The molecule has 11 heteroatoms. The lowest BCUT2D eigenvalue weighted by atomic mass is 10.6. The number of rotatable bonds is 8. The molecule has 0 aliphatic heterocycles. The number of halogens is 5. The second kappa shape index (κ2) is 6.22. The van der Waals surface area contributed by atoms with Gasteiger partial charge < -0.3 is 10.2 Å². The minimum atomic E-state index is -5.01. The summed E-state index contributed by atoms with van der Waals surface area (Å²) in [5.41, 5.74) is 0. The molecular weight excluding hydrogens is 251 g/mol. The molecule has 0 aliphatic carbocycles. The largest absolute Gasteiger partial charge is 0.539 e. The van der Waals surface area contributed by atoms with Crippen molar-refractivity contribution in [3.8, 4) is 0 Å². The van der Waals surface area contributed by atoms with Gasteiger partial charge in [0.15, 0.2) is 0 Å². The highest BCUT2D eigenvalue weighted by atomic mass is 19.3. The van der Waals surface area contributed by atoms with E-state index in [0.717, 1.165) is 0 Å². The van der Waals surface area contributed by atoms with Crippen LogP contribution in [0.1, 0.15) is 0 Å². The SMILES string of the molecule is OCCOOC(F)(F)OOC(F)C(O)(F)F. The van der Waals surface area contributed by atoms with E-state index < -0.39 is 32.0 Å². The lowest BCUT2D eigenvalue weighted by Gasteiger charge is -2.17. The van der Waals surface area contributed by atoms with Crippen molar-refractivity contribution in [2.75, 3.05) is 13.2 Å². The molecule has 0 spiro atoms. The molecule has 16 heavy (non-hydrogen) atoms. The normalized spacial score (nSPS) is 15.2. The maximum absolute atomic E-state index is 12.2. The van der Waals surface area contributed by atoms with Gasteiger partial charge in [0.2, 0.25) is 0 Å². The molecule has 0 radical (unpaired) electrons. The Morgan fingerprint density at radius 3 is 2.12 bits per heavy atom. The Morgan fingerprint density at radius 1 is 1.12 bits per heavy atom. The Bertz CT molecular complexity index is 196. The van der Waals surface area contributed by atoms with Gasteiger partial charge in [0, 0.05) is 0 Å². The van der Waals surface area contributed by atoms with Crippen LogP contribution in [-0.2, 0) is 19.6 Å². The van der Waals surface area contributed by atoms with Crippen LogP contribution in [0.15, 0.2) is 0 Å². The molecule has 0 heterocycles. The molecule has 0 amide bonds. The van der Waals surface area contributed by atoms with Crippen molar-refractivity contribution in [2.24, 2.45) is 0 Å². The average molecular weight is 258 g/mol. The second-order valence-electron chi connectivity index (χ2n) is 2.18. The summed E-state index contributed by atoms with van der Waals surface area (Å²) in [6.45, 7) is -1.34. The van der Waals surface area contributed by atoms with Crippen molar-refractivity contribution in [3.05, 3.63) is 0 Å². The van der Waals surface area contributed by atoms with Gasteiger partial charge >= 0.3 is 18.8 Å².